The fourth-order valence-corrected chi connectivity index (χ4v) is 4.21. The first-order chi connectivity index (χ1) is 13.3. The molecule has 2 saturated heterocycles. The van der Waals surface area contributed by atoms with Crippen LogP contribution in [0.15, 0.2) is 41.6 Å². The minimum atomic E-state index is -0.110. The van der Waals surface area contributed by atoms with E-state index in [0.717, 1.165) is 44.5 Å². The van der Waals surface area contributed by atoms with E-state index in [2.05, 4.69) is 9.97 Å². The van der Waals surface area contributed by atoms with Gasteiger partial charge in [-0.3, -0.25) is 9.78 Å². The van der Waals surface area contributed by atoms with Crippen molar-refractivity contribution < 1.29 is 18.7 Å². The van der Waals surface area contributed by atoms with Gasteiger partial charge in [0.2, 0.25) is 0 Å². The molecule has 1 spiro atoms. The number of hydrogen-bond acceptors (Lipinski definition) is 6. The Hall–Kier alpha value is -2.25. The molecule has 0 aromatic carbocycles. The average molecular weight is 371 g/mol. The van der Waals surface area contributed by atoms with E-state index in [4.69, 9.17) is 13.9 Å². The second-order valence-corrected chi connectivity index (χ2v) is 7.26. The van der Waals surface area contributed by atoms with E-state index >= 15 is 0 Å². The van der Waals surface area contributed by atoms with E-state index in [0.29, 0.717) is 31.3 Å². The summed E-state index contributed by atoms with van der Waals surface area (Å²) in [5.41, 5.74) is 1.40. The lowest BCUT2D eigenvalue weighted by molar-refractivity contribution is -0.0675. The summed E-state index contributed by atoms with van der Waals surface area (Å²) in [5.74, 6) is 0.424. The predicted octanol–water partition coefficient (Wildman–Crippen LogP) is 2.69. The number of pyridine rings is 1. The number of carbonyl (C=O) groups excluding carboxylic acids is 1. The maximum atomic E-state index is 12.4. The van der Waals surface area contributed by atoms with E-state index in [1.165, 1.54) is 12.7 Å². The van der Waals surface area contributed by atoms with Gasteiger partial charge in [0, 0.05) is 38.7 Å². The van der Waals surface area contributed by atoms with Gasteiger partial charge >= 0.3 is 0 Å². The van der Waals surface area contributed by atoms with Gasteiger partial charge in [-0.25, -0.2) is 4.98 Å². The van der Waals surface area contributed by atoms with Crippen molar-refractivity contribution in [3.63, 3.8) is 0 Å². The highest BCUT2D eigenvalue weighted by Gasteiger charge is 2.46. The fourth-order valence-electron chi connectivity index (χ4n) is 4.21. The van der Waals surface area contributed by atoms with Crippen LogP contribution in [-0.4, -0.2) is 52.7 Å². The summed E-state index contributed by atoms with van der Waals surface area (Å²) in [4.78, 5) is 22.3. The molecule has 2 aliphatic rings. The quantitative estimate of drug-likeness (QED) is 0.727. The summed E-state index contributed by atoms with van der Waals surface area (Å²) in [7, 11) is 0. The number of ether oxygens (including phenoxy) is 2. The summed E-state index contributed by atoms with van der Waals surface area (Å²) in [6.07, 6.45) is 10.1. The number of amides is 1. The highest BCUT2D eigenvalue weighted by molar-refractivity contribution is 5.91. The molecule has 2 aromatic rings. The topological polar surface area (TPSA) is 77.7 Å². The largest absolute Gasteiger partial charge is 0.451 e. The van der Waals surface area contributed by atoms with Crippen LogP contribution in [0.2, 0.25) is 0 Å². The van der Waals surface area contributed by atoms with Gasteiger partial charge in [0.15, 0.2) is 12.1 Å². The minimum absolute atomic E-state index is 0.0613. The lowest BCUT2D eigenvalue weighted by atomic mass is 9.78. The summed E-state index contributed by atoms with van der Waals surface area (Å²) in [6.45, 7) is 3.52. The van der Waals surface area contributed by atoms with Crippen LogP contribution in [-0.2, 0) is 16.1 Å². The molecule has 0 N–H and O–H groups in total. The number of nitrogens with zero attached hydrogens (tertiary/aromatic N) is 3. The molecule has 0 bridgehead atoms. The Kier molecular flexibility index (Phi) is 5.50. The number of carbonyl (C=O) groups is 1. The lowest BCUT2D eigenvalue weighted by Gasteiger charge is -2.42. The summed E-state index contributed by atoms with van der Waals surface area (Å²) in [5, 5.41) is 0. The van der Waals surface area contributed by atoms with Crippen molar-refractivity contribution >= 4 is 5.91 Å². The van der Waals surface area contributed by atoms with E-state index in [9.17, 15) is 4.79 Å². The molecule has 7 heteroatoms. The normalized spacial score (nSPS) is 21.6. The number of oxazole rings is 1. The molecule has 144 valence electrons. The van der Waals surface area contributed by atoms with Gasteiger partial charge in [0.1, 0.15) is 6.26 Å². The van der Waals surface area contributed by atoms with Crippen LogP contribution in [0.5, 0.6) is 0 Å². The molecular weight excluding hydrogens is 346 g/mol. The monoisotopic (exact) mass is 371 g/mol. The van der Waals surface area contributed by atoms with Crippen LogP contribution < -0.4 is 0 Å². The first kappa shape index (κ1) is 18.1. The number of hydrogen-bond donors (Lipinski definition) is 0. The highest BCUT2D eigenvalue weighted by Crippen LogP contribution is 2.42. The van der Waals surface area contributed by atoms with E-state index in [1.54, 1.807) is 12.4 Å². The fraction of sp³-hybridized carbons (Fsp3) is 0.550. The molecule has 2 fully saturated rings. The van der Waals surface area contributed by atoms with Crippen LogP contribution in [0, 0.1) is 5.92 Å². The molecule has 27 heavy (non-hydrogen) atoms. The SMILES string of the molecule is O=C(c1cocn1)N1CCC2(CC1)OCCC2CCOCc1ccncc1. The second-order valence-electron chi connectivity index (χ2n) is 7.26. The van der Waals surface area contributed by atoms with Crippen LogP contribution in [0.25, 0.3) is 0 Å². The van der Waals surface area contributed by atoms with Crippen molar-refractivity contribution in [3.8, 4) is 0 Å². The molecule has 4 heterocycles. The molecule has 2 aliphatic heterocycles. The molecule has 1 atom stereocenters. The zero-order valence-corrected chi connectivity index (χ0v) is 15.4. The Bertz CT molecular complexity index is 727. The maximum absolute atomic E-state index is 12.4. The predicted molar refractivity (Wildman–Crippen MR) is 96.9 cm³/mol. The van der Waals surface area contributed by atoms with Crippen LogP contribution >= 0.6 is 0 Å². The Balaban J connectivity index is 1.26. The standard InChI is InChI=1S/C20H25N3O4/c24-19(18-14-26-15-22-18)23-9-5-20(6-10-23)17(4-12-27-20)3-11-25-13-16-1-7-21-8-2-16/h1-2,7-8,14-15,17H,3-6,9-13H2. The van der Waals surface area contributed by atoms with Gasteiger partial charge in [0.25, 0.3) is 5.91 Å². The van der Waals surface area contributed by atoms with Crippen molar-refractivity contribution in [2.75, 3.05) is 26.3 Å². The van der Waals surface area contributed by atoms with Crippen molar-refractivity contribution in [1.82, 2.24) is 14.9 Å². The van der Waals surface area contributed by atoms with Gasteiger partial charge in [0.05, 0.1) is 12.2 Å². The molecule has 1 amide bonds. The molecule has 0 aliphatic carbocycles. The van der Waals surface area contributed by atoms with Crippen molar-refractivity contribution in [3.05, 3.63) is 48.4 Å². The van der Waals surface area contributed by atoms with E-state index in [-0.39, 0.29) is 11.5 Å². The number of piperidine rings is 1. The molecule has 7 nitrogen and oxygen atoms in total. The van der Waals surface area contributed by atoms with Crippen molar-refractivity contribution in [2.24, 2.45) is 5.92 Å². The Labute approximate surface area is 158 Å². The van der Waals surface area contributed by atoms with Crippen LogP contribution in [0.1, 0.15) is 41.7 Å². The summed E-state index contributed by atoms with van der Waals surface area (Å²) < 4.78 is 17.0. The smallest absolute Gasteiger partial charge is 0.275 e. The summed E-state index contributed by atoms with van der Waals surface area (Å²) in [6, 6.07) is 3.95. The molecule has 4 rings (SSSR count). The molecular formula is C20H25N3O4. The molecule has 0 saturated carbocycles. The molecule has 1 unspecified atom stereocenters. The Morgan fingerprint density at radius 3 is 2.85 bits per heavy atom. The Morgan fingerprint density at radius 2 is 2.11 bits per heavy atom. The third-order valence-electron chi connectivity index (χ3n) is 5.78. The van der Waals surface area contributed by atoms with Gasteiger partial charge in [-0.2, -0.15) is 0 Å². The number of likely N-dealkylation sites (tertiary alicyclic amines) is 1. The Morgan fingerprint density at radius 1 is 1.30 bits per heavy atom. The maximum Gasteiger partial charge on any atom is 0.275 e. The van der Waals surface area contributed by atoms with Gasteiger partial charge in [-0.1, -0.05) is 0 Å². The average Bonchev–Trinajstić information content (AvgIpc) is 3.37. The zero-order chi connectivity index (χ0) is 18.5. The first-order valence-electron chi connectivity index (χ1n) is 9.55. The minimum Gasteiger partial charge on any atom is -0.451 e. The van der Waals surface area contributed by atoms with Crippen LogP contribution in [0.3, 0.4) is 0 Å². The van der Waals surface area contributed by atoms with E-state index in [1.807, 2.05) is 17.0 Å². The second kappa shape index (κ2) is 8.19. The van der Waals surface area contributed by atoms with Gasteiger partial charge < -0.3 is 18.8 Å². The third-order valence-corrected chi connectivity index (χ3v) is 5.78. The van der Waals surface area contributed by atoms with Crippen LogP contribution in [0.4, 0.5) is 0 Å². The van der Waals surface area contributed by atoms with Gasteiger partial charge in [-0.15, -0.1) is 0 Å². The van der Waals surface area contributed by atoms with Crippen molar-refractivity contribution in [2.45, 2.75) is 37.9 Å². The van der Waals surface area contributed by atoms with Crippen molar-refractivity contribution in [1.29, 1.82) is 0 Å². The van der Waals surface area contributed by atoms with E-state index < -0.39 is 0 Å². The van der Waals surface area contributed by atoms with Gasteiger partial charge in [-0.05, 0) is 49.3 Å². The molecule has 2 aromatic heterocycles. The number of rotatable bonds is 6. The highest BCUT2D eigenvalue weighted by atomic mass is 16.5. The number of aromatic nitrogens is 2. The lowest BCUT2D eigenvalue weighted by Crippen LogP contribution is -2.49. The molecule has 0 radical (unpaired) electrons. The summed E-state index contributed by atoms with van der Waals surface area (Å²) >= 11 is 0. The third kappa shape index (κ3) is 4.04. The first-order valence-corrected chi connectivity index (χ1v) is 9.55. The zero-order valence-electron chi connectivity index (χ0n) is 15.4.